The number of ether oxygens (including phenoxy) is 3. The minimum atomic E-state index is -1.26. The number of carboxylic acid groups (broad SMARTS) is 4. The first-order valence-electron chi connectivity index (χ1n) is 15.5. The number of anilines is 1. The van der Waals surface area contributed by atoms with Crippen LogP contribution >= 0.6 is 0 Å². The lowest BCUT2D eigenvalue weighted by molar-refractivity contribution is -0.143. The average molecular weight is 716 g/mol. The average Bonchev–Trinajstić information content (AvgIpc) is 3.03. The van der Waals surface area contributed by atoms with E-state index in [0.29, 0.717) is 45.8 Å². The molecule has 276 valence electrons. The van der Waals surface area contributed by atoms with E-state index in [1.807, 2.05) is 0 Å². The summed E-state index contributed by atoms with van der Waals surface area (Å²) in [6.45, 7) is -2.76. The summed E-state index contributed by atoms with van der Waals surface area (Å²) in [5.41, 5.74) is 1.86. The van der Waals surface area contributed by atoms with Gasteiger partial charge in [0.1, 0.15) is 0 Å². The van der Waals surface area contributed by atoms with E-state index in [1.54, 1.807) is 30.3 Å². The first-order chi connectivity index (χ1) is 24.2. The van der Waals surface area contributed by atoms with Crippen LogP contribution in [0.15, 0.2) is 41.2 Å². The molecule has 51 heavy (non-hydrogen) atoms. The highest BCUT2D eigenvalue weighted by atomic mass is 16.5. The van der Waals surface area contributed by atoms with Crippen molar-refractivity contribution in [3.63, 3.8) is 0 Å². The lowest BCUT2D eigenvalue weighted by Crippen LogP contribution is -2.46. The Kier molecular flexibility index (Phi) is 14.7. The minimum Gasteiger partial charge on any atom is -0.493 e. The molecule has 3 aromatic rings. The molecule has 18 heteroatoms. The Morgan fingerprint density at radius 2 is 1.16 bits per heavy atom. The van der Waals surface area contributed by atoms with Gasteiger partial charge in [0.15, 0.2) is 11.5 Å². The Balaban J connectivity index is 1.73. The van der Waals surface area contributed by atoms with Gasteiger partial charge in [-0.15, -0.1) is 0 Å². The van der Waals surface area contributed by atoms with Crippen molar-refractivity contribution in [3.8, 4) is 17.2 Å². The number of nitrogens with one attached hydrogen (secondary N) is 2. The molecule has 6 N–H and O–H groups in total. The molecule has 0 aliphatic rings. The Morgan fingerprint density at radius 3 is 1.65 bits per heavy atom. The van der Waals surface area contributed by atoms with Crippen LogP contribution in [0.5, 0.6) is 17.2 Å². The van der Waals surface area contributed by atoms with E-state index in [9.17, 15) is 39.0 Å². The van der Waals surface area contributed by atoms with E-state index in [-0.39, 0.29) is 38.3 Å². The molecule has 18 nitrogen and oxygen atoms in total. The number of carboxylic acids is 4. The van der Waals surface area contributed by atoms with Gasteiger partial charge in [-0.2, -0.15) is 0 Å². The zero-order chi connectivity index (χ0) is 37.7. The summed E-state index contributed by atoms with van der Waals surface area (Å²) in [5, 5.41) is 40.3. The largest absolute Gasteiger partial charge is 0.493 e. The number of nitrogens with zero attached hydrogens (tertiary/aromatic N) is 3. The number of hydrogen-bond donors (Lipinski definition) is 6. The summed E-state index contributed by atoms with van der Waals surface area (Å²) in [6.07, 6.45) is 0.336. The van der Waals surface area contributed by atoms with Crippen molar-refractivity contribution >= 4 is 46.4 Å². The predicted molar refractivity (Wildman–Crippen MR) is 182 cm³/mol. The third-order valence-electron chi connectivity index (χ3n) is 7.60. The van der Waals surface area contributed by atoms with E-state index >= 15 is 0 Å². The van der Waals surface area contributed by atoms with Gasteiger partial charge in [-0.25, -0.2) is 0 Å². The first kappa shape index (κ1) is 39.7. The van der Waals surface area contributed by atoms with Crippen molar-refractivity contribution in [1.82, 2.24) is 19.7 Å². The standard InChI is InChI=1S/C33H41N5O13/c1-49-25-11-20(12-26(50-2)33(25)51-3)10-21-13-27(39)35-24-14-22(4-5-23(21)24)34-28(40)15-37(17-30(43)44)8-6-36(16-29(41)42)7-9-38(18-31(45)46)19-32(47)48/h4-5,11-14H,6-10,15-19H2,1-3H3,(H,34,40)(H,35,39)(H,41,42)(H,43,44)(H,45,46)(H,47,48). The molecule has 1 aromatic heterocycles. The summed E-state index contributed by atoms with van der Waals surface area (Å²) < 4.78 is 16.3. The zero-order valence-electron chi connectivity index (χ0n) is 28.3. The van der Waals surface area contributed by atoms with Crippen LogP contribution in [0.4, 0.5) is 5.69 Å². The highest BCUT2D eigenvalue weighted by Crippen LogP contribution is 2.39. The summed E-state index contributed by atoms with van der Waals surface area (Å²) in [7, 11) is 4.50. The van der Waals surface area contributed by atoms with Crippen molar-refractivity contribution in [3.05, 3.63) is 57.9 Å². The van der Waals surface area contributed by atoms with Gasteiger partial charge in [-0.05, 0) is 41.8 Å². The van der Waals surface area contributed by atoms with Crippen molar-refractivity contribution in [2.24, 2.45) is 0 Å². The molecule has 0 bridgehead atoms. The number of hydrogen-bond acceptors (Lipinski definition) is 12. The number of amides is 1. The number of pyridine rings is 1. The first-order valence-corrected chi connectivity index (χ1v) is 15.5. The second-order valence-electron chi connectivity index (χ2n) is 11.5. The van der Waals surface area contributed by atoms with Crippen molar-refractivity contribution in [1.29, 1.82) is 0 Å². The fourth-order valence-corrected chi connectivity index (χ4v) is 5.45. The molecule has 0 saturated heterocycles. The van der Waals surface area contributed by atoms with Crippen LogP contribution < -0.4 is 25.1 Å². The van der Waals surface area contributed by atoms with Gasteiger partial charge >= 0.3 is 23.9 Å². The Hall–Kier alpha value is -5.72. The van der Waals surface area contributed by atoms with Gasteiger partial charge < -0.3 is 44.9 Å². The van der Waals surface area contributed by atoms with Gasteiger partial charge in [0.2, 0.25) is 17.2 Å². The molecule has 0 saturated carbocycles. The summed E-state index contributed by atoms with van der Waals surface area (Å²) in [5.74, 6) is -4.19. The van der Waals surface area contributed by atoms with Crippen LogP contribution in [0.3, 0.4) is 0 Å². The van der Waals surface area contributed by atoms with E-state index in [4.69, 9.17) is 24.4 Å². The number of aliphatic carboxylic acids is 4. The number of H-pyrrole nitrogens is 1. The third kappa shape index (κ3) is 12.6. The molecule has 0 fully saturated rings. The molecule has 0 spiro atoms. The number of aromatic amines is 1. The predicted octanol–water partition coefficient (Wildman–Crippen LogP) is 0.328. The fraction of sp³-hybridized carbons (Fsp3) is 0.394. The van der Waals surface area contributed by atoms with E-state index in [1.165, 1.54) is 37.2 Å². The number of carbonyl (C=O) groups is 5. The van der Waals surface area contributed by atoms with Gasteiger partial charge in [0.05, 0.1) is 59.6 Å². The van der Waals surface area contributed by atoms with Gasteiger partial charge in [0, 0.05) is 43.3 Å². The lowest BCUT2D eigenvalue weighted by atomic mass is 10.00. The van der Waals surface area contributed by atoms with E-state index < -0.39 is 56.0 Å². The zero-order valence-corrected chi connectivity index (χ0v) is 28.3. The van der Waals surface area contributed by atoms with Crippen LogP contribution in [0.25, 0.3) is 10.9 Å². The Labute approximate surface area is 291 Å². The monoisotopic (exact) mass is 715 g/mol. The molecule has 1 amide bonds. The number of aromatic nitrogens is 1. The molecular weight excluding hydrogens is 674 g/mol. The highest BCUT2D eigenvalue weighted by molar-refractivity contribution is 5.95. The van der Waals surface area contributed by atoms with Crippen molar-refractivity contribution in [2.45, 2.75) is 6.42 Å². The number of rotatable bonds is 22. The summed E-state index contributed by atoms with van der Waals surface area (Å²) in [4.78, 5) is 77.5. The van der Waals surface area contributed by atoms with Crippen molar-refractivity contribution < 1.29 is 58.6 Å². The highest BCUT2D eigenvalue weighted by Gasteiger charge is 2.20. The third-order valence-corrected chi connectivity index (χ3v) is 7.60. The van der Waals surface area contributed by atoms with Gasteiger partial charge in [-0.1, -0.05) is 6.07 Å². The molecule has 3 rings (SSSR count). The summed E-state index contributed by atoms with van der Waals surface area (Å²) >= 11 is 0. The molecule has 0 unspecified atom stereocenters. The number of benzene rings is 2. The second kappa shape index (κ2) is 18.9. The Bertz CT molecular complexity index is 1750. The van der Waals surface area contributed by atoms with Crippen LogP contribution in [0.1, 0.15) is 11.1 Å². The normalized spacial score (nSPS) is 11.2. The maximum atomic E-state index is 13.1. The molecular formula is C33H41N5O13. The smallest absolute Gasteiger partial charge is 0.317 e. The van der Waals surface area contributed by atoms with Crippen LogP contribution in [-0.4, -0.2) is 150 Å². The number of fused-ring (bicyclic) bond motifs is 1. The minimum absolute atomic E-state index is 0.0211. The van der Waals surface area contributed by atoms with Crippen LogP contribution in [0, 0.1) is 0 Å². The topological polar surface area (TPSA) is 249 Å². The quantitative estimate of drug-likeness (QED) is 0.0820. The maximum absolute atomic E-state index is 13.1. The molecule has 0 radical (unpaired) electrons. The van der Waals surface area contributed by atoms with Crippen molar-refractivity contribution in [2.75, 3.05) is 85.5 Å². The molecule has 0 atom stereocenters. The Morgan fingerprint density at radius 1 is 0.667 bits per heavy atom. The SMILES string of the molecule is COc1cc(Cc2cc(=O)[nH]c3cc(NC(=O)CN(CCN(CCN(CC(=O)O)CC(=O)O)CC(=O)O)CC(=O)O)ccc23)cc(OC)c1OC. The van der Waals surface area contributed by atoms with Crippen LogP contribution in [-0.2, 0) is 30.4 Å². The van der Waals surface area contributed by atoms with E-state index in [0.717, 1.165) is 10.5 Å². The molecule has 0 aliphatic carbocycles. The maximum Gasteiger partial charge on any atom is 0.317 e. The lowest BCUT2D eigenvalue weighted by Gasteiger charge is -2.27. The van der Waals surface area contributed by atoms with Gasteiger partial charge in [0.25, 0.3) is 0 Å². The van der Waals surface area contributed by atoms with Crippen LogP contribution in [0.2, 0.25) is 0 Å². The van der Waals surface area contributed by atoms with Gasteiger partial charge in [-0.3, -0.25) is 43.5 Å². The summed E-state index contributed by atoms with van der Waals surface area (Å²) in [6, 6.07) is 9.96. The fourth-order valence-electron chi connectivity index (χ4n) is 5.45. The van der Waals surface area contributed by atoms with E-state index in [2.05, 4.69) is 10.3 Å². The molecule has 0 aliphatic heterocycles. The number of methoxy groups -OCH3 is 3. The second-order valence-corrected chi connectivity index (χ2v) is 11.5. The molecule has 2 aromatic carbocycles. The molecule has 1 heterocycles. The number of carbonyl (C=O) groups excluding carboxylic acids is 1.